The fraction of sp³-hybridized carbons (Fsp3) is 0.250. The molecule has 1 aromatic rings. The molecule has 0 atom stereocenters. The fourth-order valence-electron chi connectivity index (χ4n) is 1.01. The van der Waals surface area contributed by atoms with Crippen molar-refractivity contribution >= 4 is 21.6 Å². The van der Waals surface area contributed by atoms with Gasteiger partial charge in [-0.05, 0) is 28.1 Å². The first-order valence-corrected chi connectivity index (χ1v) is 4.41. The van der Waals surface area contributed by atoms with Crippen molar-refractivity contribution in [1.29, 1.82) is 0 Å². The summed E-state index contributed by atoms with van der Waals surface area (Å²) in [5, 5.41) is 0. The number of hydrazine groups is 1. The molecule has 0 heterocycles. The summed E-state index contributed by atoms with van der Waals surface area (Å²) < 4.78 is 11.0. The number of methoxy groups -OCH3 is 2. The second kappa shape index (κ2) is 4.34. The fourth-order valence-corrected chi connectivity index (χ4v) is 1.68. The van der Waals surface area contributed by atoms with Gasteiger partial charge in [0.1, 0.15) is 10.2 Å². The Labute approximate surface area is 85.1 Å². The van der Waals surface area contributed by atoms with Gasteiger partial charge in [-0.15, -0.1) is 0 Å². The predicted octanol–water partition coefficient (Wildman–Crippen LogP) is 1.75. The average Bonchev–Trinajstić information content (AvgIpc) is 2.17. The Morgan fingerprint density at radius 3 is 2.46 bits per heavy atom. The number of ether oxygens (including phenoxy) is 2. The first kappa shape index (κ1) is 10.1. The van der Waals surface area contributed by atoms with Crippen LogP contribution in [0.3, 0.4) is 0 Å². The standard InChI is InChI=1S/C8H11BrN2O2/c1-12-6-4-3-5(11-10)8(13-2)7(6)9/h3-4,11H,10H2,1-2H3. The molecule has 0 spiro atoms. The summed E-state index contributed by atoms with van der Waals surface area (Å²) in [7, 11) is 3.16. The minimum absolute atomic E-state index is 0.627. The van der Waals surface area contributed by atoms with Crippen molar-refractivity contribution in [2.24, 2.45) is 5.84 Å². The molecular weight excluding hydrogens is 236 g/mol. The van der Waals surface area contributed by atoms with Crippen LogP contribution in [0.5, 0.6) is 11.5 Å². The summed E-state index contributed by atoms with van der Waals surface area (Å²) in [6, 6.07) is 3.57. The molecule has 0 amide bonds. The number of nitrogens with two attached hydrogens (primary N) is 1. The highest BCUT2D eigenvalue weighted by Gasteiger charge is 2.11. The van der Waals surface area contributed by atoms with Gasteiger partial charge in [0.15, 0.2) is 5.75 Å². The smallest absolute Gasteiger partial charge is 0.161 e. The van der Waals surface area contributed by atoms with Crippen LogP contribution in [0, 0.1) is 0 Å². The van der Waals surface area contributed by atoms with Crippen LogP contribution in [0.2, 0.25) is 0 Å². The molecule has 13 heavy (non-hydrogen) atoms. The summed E-state index contributed by atoms with van der Waals surface area (Å²) >= 11 is 3.35. The van der Waals surface area contributed by atoms with E-state index in [-0.39, 0.29) is 0 Å². The van der Waals surface area contributed by atoms with Crippen molar-refractivity contribution < 1.29 is 9.47 Å². The molecule has 0 aliphatic heterocycles. The van der Waals surface area contributed by atoms with Gasteiger partial charge in [0.2, 0.25) is 0 Å². The molecule has 0 unspecified atom stereocenters. The third-order valence-electron chi connectivity index (χ3n) is 1.64. The van der Waals surface area contributed by atoms with Crippen LogP contribution >= 0.6 is 15.9 Å². The van der Waals surface area contributed by atoms with Crippen molar-refractivity contribution in [3.63, 3.8) is 0 Å². The van der Waals surface area contributed by atoms with E-state index in [1.165, 1.54) is 0 Å². The Hall–Kier alpha value is -0.940. The highest BCUT2D eigenvalue weighted by Crippen LogP contribution is 2.39. The van der Waals surface area contributed by atoms with Gasteiger partial charge in [0.05, 0.1) is 19.9 Å². The van der Waals surface area contributed by atoms with E-state index in [9.17, 15) is 0 Å². The molecule has 0 saturated heterocycles. The number of anilines is 1. The van der Waals surface area contributed by atoms with E-state index >= 15 is 0 Å². The Morgan fingerprint density at radius 1 is 1.31 bits per heavy atom. The lowest BCUT2D eigenvalue weighted by molar-refractivity contribution is 0.390. The van der Waals surface area contributed by atoms with Crippen molar-refractivity contribution in [3.05, 3.63) is 16.6 Å². The monoisotopic (exact) mass is 246 g/mol. The second-order valence-corrected chi connectivity index (χ2v) is 3.10. The van der Waals surface area contributed by atoms with Gasteiger partial charge in [-0.1, -0.05) is 0 Å². The Morgan fingerprint density at radius 2 is 2.00 bits per heavy atom. The van der Waals surface area contributed by atoms with Gasteiger partial charge in [-0.2, -0.15) is 0 Å². The molecule has 1 rings (SSSR count). The zero-order valence-corrected chi connectivity index (χ0v) is 9.01. The topological polar surface area (TPSA) is 56.5 Å². The van der Waals surface area contributed by atoms with E-state index in [2.05, 4.69) is 21.4 Å². The largest absolute Gasteiger partial charge is 0.495 e. The quantitative estimate of drug-likeness (QED) is 0.631. The molecule has 0 radical (unpaired) electrons. The maximum atomic E-state index is 5.29. The van der Waals surface area contributed by atoms with Crippen LogP contribution < -0.4 is 20.7 Å². The van der Waals surface area contributed by atoms with Gasteiger partial charge >= 0.3 is 0 Å². The zero-order valence-electron chi connectivity index (χ0n) is 7.43. The molecule has 5 heteroatoms. The van der Waals surface area contributed by atoms with E-state index in [4.69, 9.17) is 15.3 Å². The van der Waals surface area contributed by atoms with Crippen LogP contribution in [0.4, 0.5) is 5.69 Å². The van der Waals surface area contributed by atoms with Crippen LogP contribution in [0.1, 0.15) is 0 Å². The highest BCUT2D eigenvalue weighted by molar-refractivity contribution is 9.10. The summed E-state index contributed by atoms with van der Waals surface area (Å²) in [6.45, 7) is 0. The SMILES string of the molecule is COc1ccc(NN)c(OC)c1Br. The number of benzene rings is 1. The van der Waals surface area contributed by atoms with Crippen molar-refractivity contribution in [2.75, 3.05) is 19.6 Å². The number of hydrogen-bond acceptors (Lipinski definition) is 4. The molecule has 0 aromatic heterocycles. The lowest BCUT2D eigenvalue weighted by atomic mass is 10.3. The summed E-state index contributed by atoms with van der Waals surface area (Å²) in [5.41, 5.74) is 3.23. The van der Waals surface area contributed by atoms with Crippen LogP contribution in [-0.4, -0.2) is 14.2 Å². The summed E-state index contributed by atoms with van der Waals surface area (Å²) in [5.74, 6) is 6.63. The maximum absolute atomic E-state index is 5.29. The number of nitrogen functional groups attached to an aromatic ring is 1. The van der Waals surface area contributed by atoms with Gasteiger partial charge < -0.3 is 14.9 Å². The lowest BCUT2D eigenvalue weighted by Crippen LogP contribution is -2.08. The lowest BCUT2D eigenvalue weighted by Gasteiger charge is -2.12. The van der Waals surface area contributed by atoms with Gasteiger partial charge in [0.25, 0.3) is 0 Å². The van der Waals surface area contributed by atoms with Gasteiger partial charge in [-0.25, -0.2) is 0 Å². The van der Waals surface area contributed by atoms with E-state index in [0.717, 1.165) is 4.47 Å². The molecule has 0 aliphatic carbocycles. The Kier molecular flexibility index (Phi) is 3.39. The van der Waals surface area contributed by atoms with Crippen LogP contribution in [0.25, 0.3) is 0 Å². The highest BCUT2D eigenvalue weighted by atomic mass is 79.9. The van der Waals surface area contributed by atoms with Gasteiger partial charge in [-0.3, -0.25) is 5.84 Å². The van der Waals surface area contributed by atoms with Crippen molar-refractivity contribution in [1.82, 2.24) is 0 Å². The third-order valence-corrected chi connectivity index (χ3v) is 2.39. The third kappa shape index (κ3) is 1.87. The van der Waals surface area contributed by atoms with Crippen molar-refractivity contribution in [3.8, 4) is 11.5 Å². The van der Waals surface area contributed by atoms with Gasteiger partial charge in [0, 0.05) is 0 Å². The summed E-state index contributed by atoms with van der Waals surface area (Å²) in [6.07, 6.45) is 0. The predicted molar refractivity (Wildman–Crippen MR) is 55.1 cm³/mol. The Balaban J connectivity index is 3.23. The molecule has 3 N–H and O–H groups in total. The average molecular weight is 247 g/mol. The van der Waals surface area contributed by atoms with Crippen molar-refractivity contribution in [2.45, 2.75) is 0 Å². The molecule has 0 bridgehead atoms. The molecule has 0 fully saturated rings. The minimum atomic E-state index is 0.627. The minimum Gasteiger partial charge on any atom is -0.495 e. The number of halogens is 1. The number of hydrogen-bond donors (Lipinski definition) is 2. The molecule has 0 saturated carbocycles. The van der Waals surface area contributed by atoms with Crippen LogP contribution in [0.15, 0.2) is 16.6 Å². The van der Waals surface area contributed by atoms with Crippen LogP contribution in [-0.2, 0) is 0 Å². The van der Waals surface area contributed by atoms with E-state index in [1.54, 1.807) is 26.4 Å². The normalized spacial score (nSPS) is 9.54. The molecule has 4 nitrogen and oxygen atoms in total. The molecule has 72 valence electrons. The number of nitrogens with one attached hydrogen (secondary N) is 1. The summed E-state index contributed by atoms with van der Waals surface area (Å²) in [4.78, 5) is 0. The second-order valence-electron chi connectivity index (χ2n) is 2.31. The zero-order chi connectivity index (χ0) is 9.84. The number of rotatable bonds is 3. The van der Waals surface area contributed by atoms with E-state index in [0.29, 0.717) is 17.2 Å². The Bertz CT molecular complexity index is 304. The van der Waals surface area contributed by atoms with E-state index < -0.39 is 0 Å². The first-order valence-electron chi connectivity index (χ1n) is 3.61. The molecular formula is C8H11BrN2O2. The first-order chi connectivity index (χ1) is 6.24. The molecule has 0 aliphatic rings. The maximum Gasteiger partial charge on any atom is 0.161 e. The van der Waals surface area contributed by atoms with E-state index in [1.807, 2.05) is 0 Å². The molecule has 1 aromatic carbocycles.